The van der Waals surface area contributed by atoms with E-state index in [9.17, 15) is 4.39 Å². The first kappa shape index (κ1) is 26.9. The number of hydrogen-bond donors (Lipinski definition) is 5. The number of hydrazine groups is 1. The molecule has 35 heavy (non-hydrogen) atoms. The molecule has 0 amide bonds. The van der Waals surface area contributed by atoms with Crippen molar-refractivity contribution < 1.29 is 9.50 Å². The minimum Gasteiger partial charge on any atom is -0.396 e. The number of nitrogens with two attached hydrogens (primary N) is 3. The molecule has 1 aromatic heterocycles. The third-order valence-corrected chi connectivity index (χ3v) is 7.22. The molecule has 1 unspecified atom stereocenters. The van der Waals surface area contributed by atoms with E-state index >= 15 is 0 Å². The number of nitrogens with zero attached hydrogens (tertiary/aromatic N) is 5. The average molecular weight is 506 g/mol. The van der Waals surface area contributed by atoms with Gasteiger partial charge in [0.15, 0.2) is 11.6 Å². The summed E-state index contributed by atoms with van der Waals surface area (Å²) in [5, 5.41) is 17.0. The van der Waals surface area contributed by atoms with Gasteiger partial charge in [0.05, 0.1) is 18.5 Å². The summed E-state index contributed by atoms with van der Waals surface area (Å²) in [7, 11) is 0. The van der Waals surface area contributed by atoms with Gasteiger partial charge in [0.25, 0.3) is 0 Å². The van der Waals surface area contributed by atoms with Gasteiger partial charge in [-0.15, -0.1) is 0 Å². The van der Waals surface area contributed by atoms with Crippen LogP contribution in [0.25, 0.3) is 0 Å². The summed E-state index contributed by atoms with van der Waals surface area (Å²) in [6, 6.07) is 7.89. The van der Waals surface area contributed by atoms with Crippen LogP contribution in [0, 0.1) is 5.82 Å². The van der Waals surface area contributed by atoms with Gasteiger partial charge in [0.2, 0.25) is 11.1 Å². The van der Waals surface area contributed by atoms with Crippen molar-refractivity contribution in [2.45, 2.75) is 57.5 Å². The number of hydrazone groups is 1. The zero-order valence-corrected chi connectivity index (χ0v) is 21.1. The van der Waals surface area contributed by atoms with Crippen molar-refractivity contribution >= 4 is 40.1 Å². The number of amidine groups is 1. The number of rotatable bonds is 5. The van der Waals surface area contributed by atoms with E-state index in [2.05, 4.69) is 39.1 Å². The number of nitrogen functional groups attached to an aromatic ring is 1. The molecule has 4 rings (SSSR count). The van der Waals surface area contributed by atoms with Gasteiger partial charge >= 0.3 is 0 Å². The number of nitrogens with one attached hydrogen (secondary N) is 1. The van der Waals surface area contributed by atoms with Gasteiger partial charge in [-0.2, -0.15) is 10.1 Å². The molecule has 0 bridgehead atoms. The van der Waals surface area contributed by atoms with Gasteiger partial charge < -0.3 is 22.0 Å². The Balaban J connectivity index is 0.000000256. The zero-order valence-electron chi connectivity index (χ0n) is 20.3. The molecule has 2 aliphatic rings. The largest absolute Gasteiger partial charge is 0.396 e. The van der Waals surface area contributed by atoms with Gasteiger partial charge in [-0.3, -0.25) is 9.91 Å². The molecule has 2 fully saturated rings. The topological polar surface area (TPSA) is 155 Å². The van der Waals surface area contributed by atoms with E-state index in [4.69, 9.17) is 22.5 Å². The van der Waals surface area contributed by atoms with E-state index in [1.54, 1.807) is 24.3 Å². The lowest BCUT2D eigenvalue weighted by Crippen LogP contribution is -2.49. The molecule has 1 aromatic carbocycles. The molecule has 0 spiro atoms. The van der Waals surface area contributed by atoms with E-state index in [1.807, 2.05) is 0 Å². The van der Waals surface area contributed by atoms with Crippen molar-refractivity contribution in [3.05, 3.63) is 36.3 Å². The molecule has 8 N–H and O–H groups in total. The predicted molar refractivity (Wildman–Crippen MR) is 142 cm³/mol. The van der Waals surface area contributed by atoms with Crippen molar-refractivity contribution in [2.24, 2.45) is 16.8 Å². The van der Waals surface area contributed by atoms with Crippen LogP contribution in [0.2, 0.25) is 0 Å². The summed E-state index contributed by atoms with van der Waals surface area (Å²) in [5.74, 6) is 10.9. The Hall–Kier alpha value is -2.67. The van der Waals surface area contributed by atoms with Crippen molar-refractivity contribution in [1.29, 1.82) is 0 Å². The Labute approximate surface area is 210 Å². The molecular formula is C23H36FN9OS. The van der Waals surface area contributed by atoms with Crippen molar-refractivity contribution in [2.75, 3.05) is 35.0 Å². The average Bonchev–Trinajstić information content (AvgIpc) is 3.33. The third kappa shape index (κ3) is 7.17. The second kappa shape index (κ2) is 12.3. The van der Waals surface area contributed by atoms with Gasteiger partial charge in [0.1, 0.15) is 0 Å². The molecule has 2 saturated heterocycles. The third-order valence-electron chi connectivity index (χ3n) is 6.27. The van der Waals surface area contributed by atoms with Crippen LogP contribution in [0.5, 0.6) is 0 Å². The number of aromatic nitrogens is 2. The zero-order chi connectivity index (χ0) is 25.4. The number of aliphatic hydroxyl groups is 1. The van der Waals surface area contributed by atoms with Gasteiger partial charge in [0, 0.05) is 23.0 Å². The minimum atomic E-state index is -0.688. The number of aliphatic hydroxyl groups excluding tert-OH is 1. The van der Waals surface area contributed by atoms with E-state index in [0.717, 1.165) is 12.2 Å². The number of fused-ring (bicyclic) bond motifs is 1. The van der Waals surface area contributed by atoms with Crippen LogP contribution in [-0.2, 0) is 0 Å². The summed E-state index contributed by atoms with van der Waals surface area (Å²) < 4.78 is 13.1. The first-order chi connectivity index (χ1) is 16.7. The smallest absolute Gasteiger partial charge is 0.229 e. The van der Waals surface area contributed by atoms with Crippen LogP contribution in [-0.4, -0.2) is 55.6 Å². The van der Waals surface area contributed by atoms with Crippen molar-refractivity contribution in [1.82, 2.24) is 14.9 Å². The number of thioether (sulfide) groups is 1. The van der Waals surface area contributed by atoms with Crippen LogP contribution in [0.1, 0.15) is 46.0 Å². The SMILES string of the molecule is CC1(C)CCCC2CCCN21.N/N=C(/SCCO)N(N)c1cccc(Nc2ncc(F)c(N)n2)c1. The highest BCUT2D eigenvalue weighted by Gasteiger charge is 2.38. The van der Waals surface area contributed by atoms with Crippen LogP contribution in [0.15, 0.2) is 35.6 Å². The molecule has 1 atom stereocenters. The first-order valence-corrected chi connectivity index (χ1v) is 12.7. The Bertz CT molecular complexity index is 1010. The van der Waals surface area contributed by atoms with Crippen LogP contribution in [0.3, 0.4) is 0 Å². The molecule has 2 aromatic rings. The number of benzene rings is 1. The van der Waals surface area contributed by atoms with Crippen LogP contribution >= 0.6 is 11.8 Å². The first-order valence-electron chi connectivity index (χ1n) is 11.7. The summed E-state index contributed by atoms with van der Waals surface area (Å²) in [6.07, 6.45) is 8.20. The lowest BCUT2D eigenvalue weighted by molar-refractivity contribution is 0.0567. The molecule has 3 heterocycles. The number of anilines is 4. The lowest BCUT2D eigenvalue weighted by atomic mass is 9.87. The molecule has 192 valence electrons. The minimum absolute atomic E-state index is 0.0253. The summed E-state index contributed by atoms with van der Waals surface area (Å²) >= 11 is 1.21. The maximum atomic E-state index is 13.1. The Morgan fingerprint density at radius 3 is 2.83 bits per heavy atom. The van der Waals surface area contributed by atoms with E-state index in [0.29, 0.717) is 27.8 Å². The van der Waals surface area contributed by atoms with Crippen molar-refractivity contribution in [3.8, 4) is 0 Å². The maximum absolute atomic E-state index is 13.1. The standard InChI is InChI=1S/C13H17FN8OS.C10H19N/c14-10-7-18-12(20-11(10)15)19-8-2-1-3-9(6-8)22(17)13(21-16)24-5-4-23;1-10(2)7-3-5-9-6-4-8-11(9)10/h1-3,6-7,23H,4-5,16-17H2,(H3,15,18,19,20);9H,3-8H2,1-2H3/b21-13+;. The lowest BCUT2D eigenvalue weighted by Gasteiger charge is -2.44. The molecule has 0 saturated carbocycles. The molecule has 2 aliphatic heterocycles. The monoisotopic (exact) mass is 505 g/mol. The Morgan fingerprint density at radius 2 is 2.14 bits per heavy atom. The Morgan fingerprint density at radius 1 is 1.37 bits per heavy atom. The number of halogens is 1. The van der Waals surface area contributed by atoms with Crippen LogP contribution < -0.4 is 27.7 Å². The fraction of sp³-hybridized carbons (Fsp3) is 0.522. The van der Waals surface area contributed by atoms with E-state index in [-0.39, 0.29) is 18.4 Å². The van der Waals surface area contributed by atoms with E-state index < -0.39 is 5.82 Å². The quantitative estimate of drug-likeness (QED) is 0.177. The Kier molecular flexibility index (Phi) is 9.49. The van der Waals surface area contributed by atoms with Gasteiger partial charge in [-0.25, -0.2) is 15.2 Å². The second-order valence-electron chi connectivity index (χ2n) is 9.15. The normalized spacial score (nSPS) is 19.5. The second-order valence-corrected chi connectivity index (χ2v) is 10.2. The van der Waals surface area contributed by atoms with Gasteiger partial charge in [-0.05, 0) is 64.3 Å². The fourth-order valence-corrected chi connectivity index (χ4v) is 5.16. The summed E-state index contributed by atoms with van der Waals surface area (Å²) in [5.41, 5.74) is 7.12. The number of piperidine rings is 1. The highest BCUT2D eigenvalue weighted by atomic mass is 32.2. The fourth-order valence-electron chi connectivity index (χ4n) is 4.57. The molecular weight excluding hydrogens is 469 g/mol. The highest BCUT2D eigenvalue weighted by molar-refractivity contribution is 8.14. The molecule has 10 nitrogen and oxygen atoms in total. The highest BCUT2D eigenvalue weighted by Crippen LogP contribution is 2.37. The molecule has 0 radical (unpaired) electrons. The number of hydrogen-bond acceptors (Lipinski definition) is 10. The van der Waals surface area contributed by atoms with Gasteiger partial charge in [-0.1, -0.05) is 24.2 Å². The van der Waals surface area contributed by atoms with Crippen LogP contribution in [0.4, 0.5) is 27.5 Å². The predicted octanol–water partition coefficient (Wildman–Crippen LogP) is 2.99. The summed E-state index contributed by atoms with van der Waals surface area (Å²) in [4.78, 5) is 10.3. The molecule has 0 aliphatic carbocycles. The van der Waals surface area contributed by atoms with E-state index in [1.165, 1.54) is 55.4 Å². The van der Waals surface area contributed by atoms with Crippen molar-refractivity contribution in [3.63, 3.8) is 0 Å². The maximum Gasteiger partial charge on any atom is 0.229 e. The summed E-state index contributed by atoms with van der Waals surface area (Å²) in [6.45, 7) is 6.15. The molecule has 12 heteroatoms.